The molecule has 0 amide bonds. The van der Waals surface area contributed by atoms with E-state index in [2.05, 4.69) is 36.2 Å². The Labute approximate surface area is 140 Å². The Morgan fingerprint density at radius 1 is 1.14 bits per heavy atom. The number of fused-ring (bicyclic) bond motifs is 1. The fraction of sp³-hybridized carbons (Fsp3) is 0.235. The maximum atomic E-state index is 8.36. The van der Waals surface area contributed by atoms with Crippen LogP contribution in [0.2, 0.25) is 10.0 Å². The molecule has 0 aromatic heterocycles. The van der Waals surface area contributed by atoms with Gasteiger partial charge in [-0.15, -0.1) is 0 Å². The average Bonchev–Trinajstić information content (AvgIpc) is 2.52. The molecule has 0 radical (unpaired) electrons. The van der Waals surface area contributed by atoms with Gasteiger partial charge in [0, 0.05) is 29.1 Å². The summed E-state index contributed by atoms with van der Waals surface area (Å²) in [5.74, 6) is 0.293. The zero-order chi connectivity index (χ0) is 16.1. The molecule has 0 aliphatic carbocycles. The largest absolute Gasteiger partial charge is 0.483 e. The van der Waals surface area contributed by atoms with E-state index < -0.39 is 0 Å². The van der Waals surface area contributed by atoms with E-state index in [1.165, 1.54) is 11.1 Å². The van der Waals surface area contributed by atoms with E-state index in [0.717, 1.165) is 28.7 Å². The Morgan fingerprint density at radius 3 is 2.36 bits per heavy atom. The standard InChI is InChI=1S/C16H15Cl2N.CH2O2/c1-19-9-12(11-5-3-2-4-6-11)16-13(10-19)14(17)7-8-15(16)18;2-1-3/h2-8,12H,9-10H2,1H3;1H,(H,2,3). The van der Waals surface area contributed by atoms with Gasteiger partial charge < -0.3 is 10.0 Å². The lowest BCUT2D eigenvalue weighted by Gasteiger charge is -2.33. The summed E-state index contributed by atoms with van der Waals surface area (Å²) in [6.45, 7) is 1.58. The molecule has 1 heterocycles. The van der Waals surface area contributed by atoms with Crippen molar-refractivity contribution in [1.29, 1.82) is 0 Å². The SMILES string of the molecule is CN1Cc2c(Cl)ccc(Cl)c2C(c2ccccc2)C1.O=CO. The molecule has 2 aromatic carbocycles. The number of carboxylic acid groups (broad SMARTS) is 1. The van der Waals surface area contributed by atoms with Gasteiger partial charge >= 0.3 is 0 Å². The van der Waals surface area contributed by atoms with Crippen LogP contribution in [0.5, 0.6) is 0 Å². The summed E-state index contributed by atoms with van der Waals surface area (Å²) in [6.07, 6.45) is 0. The van der Waals surface area contributed by atoms with Crippen molar-refractivity contribution < 1.29 is 9.90 Å². The summed E-state index contributed by atoms with van der Waals surface area (Å²) in [5.41, 5.74) is 3.65. The van der Waals surface area contributed by atoms with Crippen LogP contribution in [0.3, 0.4) is 0 Å². The van der Waals surface area contributed by atoms with Crippen LogP contribution in [-0.4, -0.2) is 30.1 Å². The van der Waals surface area contributed by atoms with Gasteiger partial charge in [-0.2, -0.15) is 0 Å². The molecule has 1 N–H and O–H groups in total. The highest BCUT2D eigenvalue weighted by Crippen LogP contribution is 2.40. The van der Waals surface area contributed by atoms with Gasteiger partial charge in [0.15, 0.2) is 0 Å². The van der Waals surface area contributed by atoms with Gasteiger partial charge in [-0.1, -0.05) is 53.5 Å². The average molecular weight is 338 g/mol. The van der Waals surface area contributed by atoms with Crippen molar-refractivity contribution in [3.05, 3.63) is 69.2 Å². The molecule has 1 aliphatic rings. The topological polar surface area (TPSA) is 40.5 Å². The van der Waals surface area contributed by atoms with Crippen LogP contribution in [0.4, 0.5) is 0 Å². The molecule has 3 nitrogen and oxygen atoms in total. The predicted molar refractivity (Wildman–Crippen MR) is 89.8 cm³/mol. The minimum atomic E-state index is -0.250. The third kappa shape index (κ3) is 3.61. The molecule has 1 atom stereocenters. The molecule has 2 aromatic rings. The molecule has 0 bridgehead atoms. The second-order valence-corrected chi connectivity index (χ2v) is 6.00. The number of likely N-dealkylation sites (N-methyl/N-ethyl adjacent to an activating group) is 1. The Hall–Kier alpha value is -1.55. The van der Waals surface area contributed by atoms with Crippen molar-refractivity contribution in [2.24, 2.45) is 0 Å². The summed E-state index contributed by atoms with van der Waals surface area (Å²) in [4.78, 5) is 10.7. The molecule has 0 saturated heterocycles. The van der Waals surface area contributed by atoms with Gasteiger partial charge in [0.1, 0.15) is 0 Å². The highest BCUT2D eigenvalue weighted by molar-refractivity contribution is 6.34. The van der Waals surface area contributed by atoms with Crippen LogP contribution in [0, 0.1) is 0 Å². The number of nitrogens with zero attached hydrogens (tertiary/aromatic N) is 1. The Balaban J connectivity index is 0.000000545. The first kappa shape index (κ1) is 16.8. The lowest BCUT2D eigenvalue weighted by atomic mass is 9.85. The summed E-state index contributed by atoms with van der Waals surface area (Å²) in [5, 5.41) is 8.52. The number of halogens is 2. The third-order valence-corrected chi connectivity index (χ3v) is 4.40. The van der Waals surface area contributed by atoms with Crippen molar-refractivity contribution >= 4 is 29.7 Å². The zero-order valence-electron chi connectivity index (χ0n) is 12.2. The van der Waals surface area contributed by atoms with Crippen molar-refractivity contribution in [3.63, 3.8) is 0 Å². The van der Waals surface area contributed by atoms with E-state index in [1.807, 2.05) is 18.2 Å². The van der Waals surface area contributed by atoms with E-state index in [-0.39, 0.29) is 6.47 Å². The van der Waals surface area contributed by atoms with Crippen LogP contribution in [0.1, 0.15) is 22.6 Å². The molecule has 116 valence electrons. The van der Waals surface area contributed by atoms with Crippen molar-refractivity contribution in [2.75, 3.05) is 13.6 Å². The maximum absolute atomic E-state index is 8.36. The summed E-state index contributed by atoms with van der Waals surface area (Å²) in [7, 11) is 2.12. The van der Waals surface area contributed by atoms with Crippen molar-refractivity contribution in [3.8, 4) is 0 Å². The fourth-order valence-electron chi connectivity index (χ4n) is 2.84. The van der Waals surface area contributed by atoms with E-state index >= 15 is 0 Å². The molecule has 5 heteroatoms. The molecule has 1 aliphatic heterocycles. The van der Waals surface area contributed by atoms with Gasteiger partial charge in [-0.25, -0.2) is 0 Å². The number of hydrogen-bond donors (Lipinski definition) is 1. The Bertz CT molecular complexity index is 647. The quantitative estimate of drug-likeness (QED) is 0.790. The third-order valence-electron chi connectivity index (χ3n) is 3.72. The molecule has 0 fully saturated rings. The number of benzene rings is 2. The van der Waals surface area contributed by atoms with Crippen LogP contribution >= 0.6 is 23.2 Å². The molecule has 0 spiro atoms. The first-order chi connectivity index (χ1) is 10.6. The second-order valence-electron chi connectivity index (χ2n) is 5.19. The van der Waals surface area contributed by atoms with Gasteiger partial charge in [0.2, 0.25) is 0 Å². The van der Waals surface area contributed by atoms with E-state index in [1.54, 1.807) is 0 Å². The van der Waals surface area contributed by atoms with E-state index in [0.29, 0.717) is 5.92 Å². The summed E-state index contributed by atoms with van der Waals surface area (Å²) in [6, 6.07) is 14.3. The first-order valence-electron chi connectivity index (χ1n) is 6.86. The fourth-order valence-corrected chi connectivity index (χ4v) is 3.38. The number of rotatable bonds is 1. The lowest BCUT2D eigenvalue weighted by molar-refractivity contribution is -0.122. The van der Waals surface area contributed by atoms with Crippen LogP contribution in [0.25, 0.3) is 0 Å². The predicted octanol–water partition coefficient (Wildman–Crippen LogP) is 4.27. The monoisotopic (exact) mass is 337 g/mol. The van der Waals surface area contributed by atoms with Gasteiger partial charge in [-0.3, -0.25) is 4.79 Å². The molecule has 1 unspecified atom stereocenters. The minimum absolute atomic E-state index is 0.250. The summed E-state index contributed by atoms with van der Waals surface area (Å²) >= 11 is 12.8. The first-order valence-corrected chi connectivity index (χ1v) is 7.62. The van der Waals surface area contributed by atoms with E-state index in [9.17, 15) is 0 Å². The Kier molecular flexibility index (Phi) is 5.83. The summed E-state index contributed by atoms with van der Waals surface area (Å²) < 4.78 is 0. The van der Waals surface area contributed by atoms with Crippen LogP contribution in [0.15, 0.2) is 42.5 Å². The van der Waals surface area contributed by atoms with Crippen molar-refractivity contribution in [1.82, 2.24) is 4.90 Å². The molecule has 22 heavy (non-hydrogen) atoms. The molecule has 3 rings (SSSR count). The van der Waals surface area contributed by atoms with Crippen LogP contribution < -0.4 is 0 Å². The molecule has 0 saturated carbocycles. The van der Waals surface area contributed by atoms with Crippen LogP contribution in [-0.2, 0) is 11.3 Å². The highest BCUT2D eigenvalue weighted by atomic mass is 35.5. The molecular weight excluding hydrogens is 321 g/mol. The van der Waals surface area contributed by atoms with Gasteiger partial charge in [0.05, 0.1) is 0 Å². The van der Waals surface area contributed by atoms with E-state index in [4.69, 9.17) is 33.1 Å². The normalized spacial score (nSPS) is 17.1. The van der Waals surface area contributed by atoms with Crippen molar-refractivity contribution in [2.45, 2.75) is 12.5 Å². The number of carbonyl (C=O) groups is 1. The lowest BCUT2D eigenvalue weighted by Crippen LogP contribution is -2.31. The molecular formula is C17H17Cl2NO2. The number of hydrogen-bond acceptors (Lipinski definition) is 2. The van der Waals surface area contributed by atoms with Gasteiger partial charge in [-0.05, 0) is 35.9 Å². The Morgan fingerprint density at radius 2 is 1.73 bits per heavy atom. The minimum Gasteiger partial charge on any atom is -0.483 e. The smallest absolute Gasteiger partial charge is 0.290 e. The van der Waals surface area contributed by atoms with Gasteiger partial charge in [0.25, 0.3) is 6.47 Å². The highest BCUT2D eigenvalue weighted by Gasteiger charge is 2.28. The maximum Gasteiger partial charge on any atom is 0.290 e. The zero-order valence-corrected chi connectivity index (χ0v) is 13.7. The second kappa shape index (κ2) is 7.63.